The number of unbranched alkanes of at least 4 members (excludes halogenated alkanes) is 24. The summed E-state index contributed by atoms with van der Waals surface area (Å²) in [5, 5.41) is 0. The number of carbonyl (C=O) groups is 3. The second kappa shape index (κ2) is 60.8. The lowest BCUT2D eigenvalue weighted by Gasteiger charge is -2.18. The summed E-state index contributed by atoms with van der Waals surface area (Å²) in [5.41, 5.74) is 0. The van der Waals surface area contributed by atoms with Gasteiger partial charge in [-0.25, -0.2) is 0 Å². The molecule has 0 amide bonds. The maximum absolute atomic E-state index is 12.9. The number of allylic oxidation sites excluding steroid dienone is 24. The Kier molecular flexibility index (Phi) is 57.0. The minimum atomic E-state index is -0.815. The average molecular weight is 1020 g/mol. The van der Waals surface area contributed by atoms with Gasteiger partial charge in [0.25, 0.3) is 0 Å². The number of esters is 3. The topological polar surface area (TPSA) is 78.9 Å². The first-order valence-corrected chi connectivity index (χ1v) is 30.0. The van der Waals surface area contributed by atoms with Crippen molar-refractivity contribution in [3.8, 4) is 0 Å². The number of hydrogen-bond acceptors (Lipinski definition) is 6. The van der Waals surface area contributed by atoms with Gasteiger partial charge in [-0.2, -0.15) is 0 Å². The fraction of sp³-hybridized carbons (Fsp3) is 0.603. The summed E-state index contributed by atoms with van der Waals surface area (Å²) in [4.78, 5) is 38.3. The largest absolute Gasteiger partial charge is 0.462 e. The summed E-state index contributed by atoms with van der Waals surface area (Å²) in [7, 11) is 0. The number of rotatable bonds is 52. The molecule has 0 spiro atoms. The van der Waals surface area contributed by atoms with Gasteiger partial charge in [-0.15, -0.1) is 0 Å². The molecule has 0 N–H and O–H groups in total. The van der Waals surface area contributed by atoms with E-state index in [-0.39, 0.29) is 31.1 Å². The van der Waals surface area contributed by atoms with Crippen LogP contribution in [0.5, 0.6) is 0 Å². The van der Waals surface area contributed by atoms with E-state index in [0.717, 1.165) is 116 Å². The molecule has 1 atom stereocenters. The van der Waals surface area contributed by atoms with Crippen LogP contribution in [-0.4, -0.2) is 37.2 Å². The molecule has 0 aromatic carbocycles. The maximum atomic E-state index is 12.9. The third kappa shape index (κ3) is 58.2. The first kappa shape index (κ1) is 69.3. The Bertz CT molecular complexity index is 1640. The van der Waals surface area contributed by atoms with Gasteiger partial charge in [-0.3, -0.25) is 14.4 Å². The lowest BCUT2D eigenvalue weighted by molar-refractivity contribution is -0.167. The van der Waals surface area contributed by atoms with E-state index in [4.69, 9.17) is 14.2 Å². The minimum absolute atomic E-state index is 0.109. The Labute approximate surface area is 455 Å². The molecule has 6 heteroatoms. The molecule has 0 heterocycles. The fourth-order valence-corrected chi connectivity index (χ4v) is 7.84. The molecule has 0 radical (unpaired) electrons. The van der Waals surface area contributed by atoms with Gasteiger partial charge in [0, 0.05) is 19.3 Å². The monoisotopic (exact) mass is 1020 g/mol. The van der Waals surface area contributed by atoms with Crippen LogP contribution in [0.4, 0.5) is 0 Å². The van der Waals surface area contributed by atoms with Crippen LogP contribution >= 0.6 is 0 Å². The quantitative estimate of drug-likeness (QED) is 0.0199. The highest BCUT2D eigenvalue weighted by atomic mass is 16.6. The number of carbonyl (C=O) groups excluding carboxylic acids is 3. The van der Waals surface area contributed by atoms with Crippen molar-refractivity contribution < 1.29 is 28.6 Å². The van der Waals surface area contributed by atoms with Crippen molar-refractivity contribution in [2.45, 2.75) is 252 Å². The first-order valence-electron chi connectivity index (χ1n) is 30.0. The molecule has 0 aromatic rings. The van der Waals surface area contributed by atoms with E-state index in [1.165, 1.54) is 89.9 Å². The molecule has 0 aliphatic heterocycles. The van der Waals surface area contributed by atoms with E-state index in [1.54, 1.807) is 0 Å². The molecule has 1 unspecified atom stereocenters. The second-order valence-electron chi connectivity index (χ2n) is 19.4. The van der Waals surface area contributed by atoms with Gasteiger partial charge in [-0.1, -0.05) is 276 Å². The van der Waals surface area contributed by atoms with Gasteiger partial charge >= 0.3 is 17.9 Å². The minimum Gasteiger partial charge on any atom is -0.462 e. The van der Waals surface area contributed by atoms with E-state index >= 15 is 0 Å². The standard InChI is InChI=1S/C68H108O6/c1-4-7-10-13-16-19-22-25-28-31-34-37-40-43-46-49-52-55-58-61-67(70)73-64-65(63-72-66(69)60-57-54-51-48-45-42-39-36-33-30-27-24-21-18-15-12-9-6-3)74-68(71)62-59-56-53-50-47-44-41-38-35-32-29-26-23-20-17-14-11-8-5-2/h7-8,10-11,13,16-17,19-20,22,25-26,28-31,33-34,36-37,39-40,43,46,65H,4-6,9,12,14-15,18,21,23-24,27,32,35,38,41-42,44-45,47-64H2,1-3H3/b10-7-,11-8-,16-13-,20-17-,22-19-,28-25-,29-26-,33-30-,34-31+,39-36-,40-37-,46-43-. The predicted molar refractivity (Wildman–Crippen MR) is 320 cm³/mol. The van der Waals surface area contributed by atoms with Gasteiger partial charge in [0.15, 0.2) is 6.10 Å². The summed E-state index contributed by atoms with van der Waals surface area (Å²) in [6.07, 6.45) is 86.9. The van der Waals surface area contributed by atoms with Crippen molar-refractivity contribution in [1.82, 2.24) is 0 Å². The number of ether oxygens (including phenoxy) is 3. The van der Waals surface area contributed by atoms with E-state index in [2.05, 4.69) is 93.7 Å². The van der Waals surface area contributed by atoms with Gasteiger partial charge in [-0.05, 0) is 96.3 Å². The Morgan fingerprint density at radius 3 is 1.01 bits per heavy atom. The Balaban J connectivity index is 4.55. The van der Waals surface area contributed by atoms with Crippen molar-refractivity contribution in [1.29, 1.82) is 0 Å². The Morgan fingerprint density at radius 2 is 0.595 bits per heavy atom. The van der Waals surface area contributed by atoms with E-state index in [0.29, 0.717) is 19.3 Å². The molecule has 0 aliphatic rings. The number of hydrogen-bond donors (Lipinski definition) is 0. The third-order valence-corrected chi connectivity index (χ3v) is 12.3. The Morgan fingerprint density at radius 1 is 0.297 bits per heavy atom. The highest BCUT2D eigenvalue weighted by molar-refractivity contribution is 5.71. The summed E-state index contributed by atoms with van der Waals surface area (Å²) in [5.74, 6) is -0.977. The molecule has 6 nitrogen and oxygen atoms in total. The van der Waals surface area contributed by atoms with Crippen molar-refractivity contribution in [2.24, 2.45) is 0 Å². The SMILES string of the molecule is CC\C=C/C=C\C=C/C=C\C=C\C=C/C=C\CCCCCC(=O)OCC(COC(=O)CCCCCCC/C=C\C=C/CCCCCCCCC)OC(=O)CCCCCCCCCCC/C=C\C/C=C\C/C=C\CC. The maximum Gasteiger partial charge on any atom is 0.306 e. The summed E-state index contributed by atoms with van der Waals surface area (Å²) in [6, 6.07) is 0. The van der Waals surface area contributed by atoms with Crippen LogP contribution in [0.1, 0.15) is 245 Å². The molecule has 0 saturated heterocycles. The zero-order valence-electron chi connectivity index (χ0n) is 47.5. The zero-order valence-corrected chi connectivity index (χ0v) is 47.5. The van der Waals surface area contributed by atoms with Gasteiger partial charge in [0.1, 0.15) is 13.2 Å². The summed E-state index contributed by atoms with van der Waals surface area (Å²) in [6.45, 7) is 6.32. The molecule has 0 aliphatic carbocycles. The normalized spacial score (nSPS) is 13.2. The van der Waals surface area contributed by atoms with Gasteiger partial charge in [0.05, 0.1) is 0 Å². The van der Waals surface area contributed by atoms with Crippen LogP contribution in [0.3, 0.4) is 0 Å². The average Bonchev–Trinajstić information content (AvgIpc) is 3.40. The van der Waals surface area contributed by atoms with Crippen LogP contribution in [0, 0.1) is 0 Å². The van der Waals surface area contributed by atoms with Crippen LogP contribution in [-0.2, 0) is 28.6 Å². The molecular formula is C68H108O6. The third-order valence-electron chi connectivity index (χ3n) is 12.3. The van der Waals surface area contributed by atoms with Crippen LogP contribution in [0.25, 0.3) is 0 Å². The van der Waals surface area contributed by atoms with Crippen LogP contribution in [0.2, 0.25) is 0 Å². The van der Waals surface area contributed by atoms with Crippen molar-refractivity contribution in [3.05, 3.63) is 146 Å². The van der Waals surface area contributed by atoms with Gasteiger partial charge < -0.3 is 14.2 Å². The van der Waals surface area contributed by atoms with Crippen molar-refractivity contribution >= 4 is 17.9 Å². The lowest BCUT2D eigenvalue weighted by atomic mass is 10.1. The smallest absolute Gasteiger partial charge is 0.306 e. The molecule has 0 saturated carbocycles. The molecule has 0 aromatic heterocycles. The molecule has 0 fully saturated rings. The summed E-state index contributed by atoms with van der Waals surface area (Å²) >= 11 is 0. The van der Waals surface area contributed by atoms with E-state index in [9.17, 15) is 14.4 Å². The predicted octanol–water partition coefficient (Wildman–Crippen LogP) is 20.4. The molecule has 0 rings (SSSR count). The fourth-order valence-electron chi connectivity index (χ4n) is 7.84. The second-order valence-corrected chi connectivity index (χ2v) is 19.4. The lowest BCUT2D eigenvalue weighted by Crippen LogP contribution is -2.30. The molecular weight excluding hydrogens is 913 g/mol. The van der Waals surface area contributed by atoms with E-state index < -0.39 is 6.10 Å². The zero-order chi connectivity index (χ0) is 53.6. The van der Waals surface area contributed by atoms with Crippen molar-refractivity contribution in [2.75, 3.05) is 13.2 Å². The van der Waals surface area contributed by atoms with Crippen LogP contribution in [0.15, 0.2) is 146 Å². The van der Waals surface area contributed by atoms with Crippen molar-refractivity contribution in [3.63, 3.8) is 0 Å². The van der Waals surface area contributed by atoms with Crippen LogP contribution < -0.4 is 0 Å². The summed E-state index contributed by atoms with van der Waals surface area (Å²) < 4.78 is 16.9. The molecule has 74 heavy (non-hydrogen) atoms. The highest BCUT2D eigenvalue weighted by Crippen LogP contribution is 2.14. The van der Waals surface area contributed by atoms with Gasteiger partial charge in [0.2, 0.25) is 0 Å². The van der Waals surface area contributed by atoms with E-state index in [1.807, 2.05) is 72.9 Å². The molecule has 0 bridgehead atoms. The highest BCUT2D eigenvalue weighted by Gasteiger charge is 2.19. The molecule has 416 valence electrons. The Hall–Kier alpha value is -4.71. The first-order chi connectivity index (χ1) is 36.5.